The van der Waals surface area contributed by atoms with E-state index in [9.17, 15) is 0 Å². The summed E-state index contributed by atoms with van der Waals surface area (Å²) >= 11 is 0. The van der Waals surface area contributed by atoms with E-state index in [0.29, 0.717) is 0 Å². The monoisotopic (exact) mass is 194 g/mol. The average molecular weight is 194 g/mol. The quantitative estimate of drug-likeness (QED) is 0.594. The Morgan fingerprint density at radius 1 is 1.13 bits per heavy atom. The standard InChI is InChI=1S/C12H8N3/c1-2-6-12-10(4-1)8-14-15(12)11-5-3-7-13-9-11/h1-4,6-9H. The van der Waals surface area contributed by atoms with Gasteiger partial charge in [0.05, 0.1) is 23.6 Å². The first-order valence-corrected chi connectivity index (χ1v) is 4.70. The number of benzene rings is 1. The highest BCUT2D eigenvalue weighted by molar-refractivity contribution is 5.79. The Kier molecular flexibility index (Phi) is 1.75. The van der Waals surface area contributed by atoms with Crippen molar-refractivity contribution in [1.29, 1.82) is 0 Å². The van der Waals surface area contributed by atoms with E-state index in [2.05, 4.69) is 16.1 Å². The fraction of sp³-hybridized carbons (Fsp3) is 0. The second-order valence-electron chi connectivity index (χ2n) is 3.24. The van der Waals surface area contributed by atoms with Crippen molar-refractivity contribution in [3.63, 3.8) is 0 Å². The van der Waals surface area contributed by atoms with Crippen LogP contribution < -0.4 is 0 Å². The minimum atomic E-state index is 0.860. The summed E-state index contributed by atoms with van der Waals surface area (Å²) < 4.78 is 1.84. The predicted molar refractivity (Wildman–Crippen MR) is 57.7 cm³/mol. The number of fused-ring (bicyclic) bond motifs is 1. The van der Waals surface area contributed by atoms with E-state index in [-0.39, 0.29) is 0 Å². The third-order valence-electron chi connectivity index (χ3n) is 2.29. The molecule has 0 aliphatic carbocycles. The lowest BCUT2D eigenvalue weighted by Crippen LogP contribution is -1.95. The Morgan fingerprint density at radius 3 is 2.93 bits per heavy atom. The van der Waals surface area contributed by atoms with Crippen LogP contribution in [0.5, 0.6) is 0 Å². The Bertz CT molecular complexity index is 584. The van der Waals surface area contributed by atoms with Gasteiger partial charge in [0.15, 0.2) is 0 Å². The minimum absolute atomic E-state index is 0.860. The molecule has 3 aromatic rings. The minimum Gasteiger partial charge on any atom is -0.262 e. The summed E-state index contributed by atoms with van der Waals surface area (Å²) in [5.74, 6) is 0. The number of rotatable bonds is 1. The van der Waals surface area contributed by atoms with Crippen LogP contribution >= 0.6 is 0 Å². The zero-order valence-electron chi connectivity index (χ0n) is 7.96. The molecule has 0 saturated heterocycles. The molecule has 0 unspecified atom stereocenters. The smallest absolute Gasteiger partial charge is 0.0915 e. The maximum atomic E-state index is 4.31. The molecule has 0 aliphatic heterocycles. The van der Waals surface area contributed by atoms with E-state index in [1.807, 2.05) is 35.1 Å². The van der Waals surface area contributed by atoms with Crippen molar-refractivity contribution in [3.05, 3.63) is 55.0 Å². The second-order valence-corrected chi connectivity index (χ2v) is 3.24. The molecular weight excluding hydrogens is 186 g/mol. The van der Waals surface area contributed by atoms with Crippen LogP contribution in [-0.4, -0.2) is 14.8 Å². The fourth-order valence-electron chi connectivity index (χ4n) is 1.60. The molecule has 3 heteroatoms. The molecular formula is C12H8N3. The van der Waals surface area contributed by atoms with Gasteiger partial charge in [-0.2, -0.15) is 5.10 Å². The summed E-state index contributed by atoms with van der Waals surface area (Å²) in [6.07, 6.45) is 5.30. The molecule has 15 heavy (non-hydrogen) atoms. The Balaban J connectivity index is 2.28. The lowest BCUT2D eigenvalue weighted by atomic mass is 10.2. The molecule has 0 amide bonds. The molecule has 0 spiro atoms. The number of hydrogen-bond acceptors (Lipinski definition) is 2. The van der Waals surface area contributed by atoms with Gasteiger partial charge in [-0.05, 0) is 12.1 Å². The van der Waals surface area contributed by atoms with Crippen molar-refractivity contribution in [2.24, 2.45) is 0 Å². The summed E-state index contributed by atoms with van der Waals surface area (Å²) in [7, 11) is 0. The van der Waals surface area contributed by atoms with Gasteiger partial charge in [-0.3, -0.25) is 4.98 Å². The van der Waals surface area contributed by atoms with Gasteiger partial charge in [-0.15, -0.1) is 0 Å². The van der Waals surface area contributed by atoms with Crippen molar-refractivity contribution in [3.8, 4) is 5.69 Å². The first-order chi connectivity index (χ1) is 7.45. The van der Waals surface area contributed by atoms with Gasteiger partial charge < -0.3 is 0 Å². The van der Waals surface area contributed by atoms with E-state index in [1.54, 1.807) is 18.5 Å². The second kappa shape index (κ2) is 3.20. The third kappa shape index (κ3) is 1.29. The summed E-state index contributed by atoms with van der Waals surface area (Å²) in [6, 6.07) is 13.0. The lowest BCUT2D eigenvalue weighted by molar-refractivity contribution is 0.901. The van der Waals surface area contributed by atoms with Gasteiger partial charge in [-0.25, -0.2) is 4.68 Å². The summed E-state index contributed by atoms with van der Waals surface area (Å²) in [5, 5.41) is 5.43. The molecule has 71 valence electrons. The van der Waals surface area contributed by atoms with Crippen LogP contribution in [0.25, 0.3) is 16.6 Å². The summed E-state index contributed by atoms with van der Waals surface area (Å²) in [4.78, 5) is 4.06. The van der Waals surface area contributed by atoms with E-state index in [1.165, 1.54) is 0 Å². The van der Waals surface area contributed by atoms with Crippen LogP contribution in [0, 0.1) is 6.07 Å². The SMILES string of the molecule is [c]1ccncc1-n1ncc2ccccc21. The molecule has 0 N–H and O–H groups in total. The zero-order valence-corrected chi connectivity index (χ0v) is 7.96. The number of nitrogens with zero attached hydrogens (tertiary/aromatic N) is 3. The molecule has 0 aliphatic rings. The number of aromatic nitrogens is 3. The maximum absolute atomic E-state index is 4.31. The average Bonchev–Trinajstić information content (AvgIpc) is 2.74. The van der Waals surface area contributed by atoms with E-state index in [0.717, 1.165) is 16.6 Å². The summed E-state index contributed by atoms with van der Waals surface area (Å²) in [5.41, 5.74) is 1.93. The van der Waals surface area contributed by atoms with Crippen LogP contribution in [0.2, 0.25) is 0 Å². The highest BCUT2D eigenvalue weighted by Gasteiger charge is 2.02. The highest BCUT2D eigenvalue weighted by Crippen LogP contribution is 2.16. The van der Waals surface area contributed by atoms with Crippen LogP contribution in [-0.2, 0) is 0 Å². The number of hydrogen-bond donors (Lipinski definition) is 0. The van der Waals surface area contributed by atoms with Crippen LogP contribution in [0.4, 0.5) is 0 Å². The molecule has 0 atom stereocenters. The van der Waals surface area contributed by atoms with E-state index < -0.39 is 0 Å². The van der Waals surface area contributed by atoms with Gasteiger partial charge in [0.1, 0.15) is 0 Å². The molecule has 2 heterocycles. The Hall–Kier alpha value is -2.16. The van der Waals surface area contributed by atoms with Gasteiger partial charge in [0, 0.05) is 17.6 Å². The molecule has 1 radical (unpaired) electrons. The maximum Gasteiger partial charge on any atom is 0.0915 e. The van der Waals surface area contributed by atoms with Crippen molar-refractivity contribution >= 4 is 10.9 Å². The predicted octanol–water partition coefficient (Wildman–Crippen LogP) is 2.22. The van der Waals surface area contributed by atoms with Crippen molar-refractivity contribution in [1.82, 2.24) is 14.8 Å². The Morgan fingerprint density at radius 2 is 2.07 bits per heavy atom. The topological polar surface area (TPSA) is 30.7 Å². The van der Waals surface area contributed by atoms with Crippen LogP contribution in [0.15, 0.2) is 48.9 Å². The molecule has 0 fully saturated rings. The van der Waals surface area contributed by atoms with Gasteiger partial charge in [-0.1, -0.05) is 18.2 Å². The van der Waals surface area contributed by atoms with E-state index >= 15 is 0 Å². The molecule has 0 saturated carbocycles. The molecule has 3 nitrogen and oxygen atoms in total. The first-order valence-electron chi connectivity index (χ1n) is 4.70. The zero-order chi connectivity index (χ0) is 10.1. The molecule has 3 rings (SSSR count). The fourth-order valence-corrected chi connectivity index (χ4v) is 1.60. The van der Waals surface area contributed by atoms with Crippen molar-refractivity contribution in [2.75, 3.05) is 0 Å². The molecule has 1 aromatic carbocycles. The number of pyridine rings is 1. The van der Waals surface area contributed by atoms with Crippen molar-refractivity contribution < 1.29 is 0 Å². The molecule has 0 bridgehead atoms. The summed E-state index contributed by atoms with van der Waals surface area (Å²) in [6.45, 7) is 0. The highest BCUT2D eigenvalue weighted by atomic mass is 15.3. The lowest BCUT2D eigenvalue weighted by Gasteiger charge is -2.00. The Labute approximate surface area is 87.0 Å². The normalized spacial score (nSPS) is 10.7. The first kappa shape index (κ1) is 8.17. The van der Waals surface area contributed by atoms with Crippen LogP contribution in [0.1, 0.15) is 0 Å². The van der Waals surface area contributed by atoms with Gasteiger partial charge in [0.25, 0.3) is 0 Å². The van der Waals surface area contributed by atoms with Gasteiger partial charge >= 0.3 is 0 Å². The number of para-hydroxylation sites is 1. The van der Waals surface area contributed by atoms with Gasteiger partial charge in [0.2, 0.25) is 0 Å². The third-order valence-corrected chi connectivity index (χ3v) is 2.29. The van der Waals surface area contributed by atoms with Crippen LogP contribution in [0.3, 0.4) is 0 Å². The van der Waals surface area contributed by atoms with Crippen molar-refractivity contribution in [2.45, 2.75) is 0 Å². The largest absolute Gasteiger partial charge is 0.262 e. The molecule has 2 aromatic heterocycles. The van der Waals surface area contributed by atoms with E-state index in [4.69, 9.17) is 0 Å².